The number of benzene rings is 2. The first-order valence-electron chi connectivity index (χ1n) is 10.0. The molecule has 0 bridgehead atoms. The van der Waals surface area contributed by atoms with Gasteiger partial charge < -0.3 is 15.0 Å². The molecule has 2 aromatic carbocycles. The third kappa shape index (κ3) is 4.99. The van der Waals surface area contributed by atoms with Gasteiger partial charge in [-0.15, -0.1) is 0 Å². The highest BCUT2D eigenvalue weighted by atomic mass is 19.1. The van der Waals surface area contributed by atoms with Gasteiger partial charge in [0, 0.05) is 24.4 Å². The van der Waals surface area contributed by atoms with Crippen molar-refractivity contribution in [3.8, 4) is 11.3 Å². The van der Waals surface area contributed by atoms with E-state index >= 15 is 0 Å². The molecule has 0 saturated heterocycles. The van der Waals surface area contributed by atoms with Gasteiger partial charge in [-0.2, -0.15) is 0 Å². The number of rotatable bonds is 7. The van der Waals surface area contributed by atoms with E-state index in [4.69, 9.17) is 15.5 Å². The normalized spacial score (nSPS) is 13.7. The topological polar surface area (TPSA) is 70.1 Å². The van der Waals surface area contributed by atoms with Crippen molar-refractivity contribution >= 4 is 5.91 Å². The van der Waals surface area contributed by atoms with Crippen LogP contribution < -0.4 is 5.73 Å². The lowest BCUT2D eigenvalue weighted by atomic mass is 9.76. The molecule has 0 aliphatic rings. The molecule has 0 fully saturated rings. The van der Waals surface area contributed by atoms with E-state index in [0.717, 1.165) is 23.8 Å². The number of hydrogen-bond acceptors (Lipinski definition) is 3. The number of amides is 1. The van der Waals surface area contributed by atoms with Crippen LogP contribution in [0.4, 0.5) is 8.78 Å². The van der Waals surface area contributed by atoms with Crippen LogP contribution in [0.15, 0.2) is 54.7 Å². The number of methoxy groups -OCH3 is 1. The molecule has 0 aliphatic carbocycles. The molecule has 1 heterocycles. The molecule has 1 amide bonds. The first-order chi connectivity index (χ1) is 14.6. The second-order valence-corrected chi connectivity index (χ2v) is 8.62. The quantitative estimate of drug-likeness (QED) is 0.603. The Bertz CT molecular complexity index is 1060. The summed E-state index contributed by atoms with van der Waals surface area (Å²) < 4.78 is 35.4. The van der Waals surface area contributed by atoms with Crippen LogP contribution in [0.5, 0.6) is 0 Å². The highest BCUT2D eigenvalue weighted by Gasteiger charge is 2.40. The molecular weight excluding hydrogens is 400 g/mol. The second-order valence-electron chi connectivity index (χ2n) is 8.62. The standard InChI is InChI=1S/C24H27F2N3O2/c1-24(2,3)20(21(31-4)22(27)30)23-28-19(15-8-6-5-7-9-15)14-29(23)13-16-12-17(25)10-11-18(16)26/h5-12,14,20-21H,13H2,1-4H3,(H2,27,30)/t20-,21?/m0/s1. The predicted molar refractivity (Wildman–Crippen MR) is 115 cm³/mol. The van der Waals surface area contributed by atoms with E-state index in [1.165, 1.54) is 7.11 Å². The highest BCUT2D eigenvalue weighted by molar-refractivity contribution is 5.80. The molecule has 2 atom stereocenters. The van der Waals surface area contributed by atoms with E-state index < -0.39 is 35.0 Å². The summed E-state index contributed by atoms with van der Waals surface area (Å²) in [7, 11) is 1.42. The Hall–Kier alpha value is -3.06. The maximum atomic E-state index is 14.4. The SMILES string of the molecule is COC(C(N)=O)[C@@H](c1nc(-c2ccccc2)cn1Cc1cc(F)ccc1F)C(C)(C)C. The van der Waals surface area contributed by atoms with Crippen molar-refractivity contribution < 1.29 is 18.3 Å². The molecule has 1 unspecified atom stereocenters. The molecular formula is C24H27F2N3O2. The van der Waals surface area contributed by atoms with Crippen molar-refractivity contribution in [2.75, 3.05) is 7.11 Å². The fourth-order valence-corrected chi connectivity index (χ4v) is 3.79. The average molecular weight is 427 g/mol. The fourth-order valence-electron chi connectivity index (χ4n) is 3.79. The lowest BCUT2D eigenvalue weighted by Crippen LogP contribution is -2.42. The number of halogens is 2. The minimum absolute atomic E-state index is 0.0422. The summed E-state index contributed by atoms with van der Waals surface area (Å²) in [5.41, 5.74) is 6.87. The van der Waals surface area contributed by atoms with Crippen LogP contribution in [-0.2, 0) is 16.1 Å². The van der Waals surface area contributed by atoms with Crippen molar-refractivity contribution in [3.63, 3.8) is 0 Å². The zero-order valence-corrected chi connectivity index (χ0v) is 18.1. The first-order valence-corrected chi connectivity index (χ1v) is 10.0. The van der Waals surface area contributed by atoms with Crippen molar-refractivity contribution in [1.29, 1.82) is 0 Å². The zero-order valence-electron chi connectivity index (χ0n) is 18.1. The Labute approximate surface area is 180 Å². The van der Waals surface area contributed by atoms with Gasteiger partial charge in [-0.05, 0) is 23.6 Å². The summed E-state index contributed by atoms with van der Waals surface area (Å²) in [5.74, 6) is -1.67. The number of nitrogens with two attached hydrogens (primary N) is 1. The molecule has 0 saturated carbocycles. The molecule has 5 nitrogen and oxygen atoms in total. The van der Waals surface area contributed by atoms with Gasteiger partial charge in [0.2, 0.25) is 5.91 Å². The first kappa shape index (κ1) is 22.6. The van der Waals surface area contributed by atoms with E-state index in [9.17, 15) is 13.6 Å². The number of ether oxygens (including phenoxy) is 1. The van der Waals surface area contributed by atoms with Gasteiger partial charge in [-0.25, -0.2) is 13.8 Å². The van der Waals surface area contributed by atoms with Crippen LogP contribution in [0.3, 0.4) is 0 Å². The molecule has 3 rings (SSSR count). The summed E-state index contributed by atoms with van der Waals surface area (Å²) in [4.78, 5) is 17.0. The number of carbonyl (C=O) groups is 1. The molecule has 0 aliphatic heterocycles. The molecule has 0 spiro atoms. The molecule has 7 heteroatoms. The van der Waals surface area contributed by atoms with Crippen molar-refractivity contribution in [3.05, 3.63) is 77.8 Å². The largest absolute Gasteiger partial charge is 0.371 e. The van der Waals surface area contributed by atoms with Gasteiger partial charge in [0.25, 0.3) is 0 Å². The third-order valence-corrected chi connectivity index (χ3v) is 5.27. The summed E-state index contributed by atoms with van der Waals surface area (Å²) >= 11 is 0. The van der Waals surface area contributed by atoms with Crippen LogP contribution in [0.1, 0.15) is 38.1 Å². The van der Waals surface area contributed by atoms with Crippen LogP contribution in [0.2, 0.25) is 0 Å². The monoisotopic (exact) mass is 427 g/mol. The summed E-state index contributed by atoms with van der Waals surface area (Å²) in [6.45, 7) is 5.91. The smallest absolute Gasteiger partial charge is 0.247 e. The Morgan fingerprint density at radius 1 is 1.16 bits per heavy atom. The Morgan fingerprint density at radius 3 is 2.42 bits per heavy atom. The number of imidazole rings is 1. The van der Waals surface area contributed by atoms with Crippen LogP contribution in [0, 0.1) is 17.0 Å². The van der Waals surface area contributed by atoms with Crippen LogP contribution >= 0.6 is 0 Å². The number of nitrogens with zero attached hydrogens (tertiary/aromatic N) is 2. The van der Waals surface area contributed by atoms with Crippen molar-refractivity contribution in [1.82, 2.24) is 9.55 Å². The number of carbonyl (C=O) groups excluding carboxylic acids is 1. The van der Waals surface area contributed by atoms with Crippen LogP contribution in [-0.4, -0.2) is 28.7 Å². The maximum absolute atomic E-state index is 14.4. The van der Waals surface area contributed by atoms with E-state index in [1.807, 2.05) is 51.1 Å². The van der Waals surface area contributed by atoms with E-state index in [1.54, 1.807) is 10.8 Å². The summed E-state index contributed by atoms with van der Waals surface area (Å²) in [6.07, 6.45) is 0.837. The molecule has 1 aromatic heterocycles. The van der Waals surface area contributed by atoms with Gasteiger partial charge in [0.15, 0.2) is 0 Å². The second kappa shape index (κ2) is 8.98. The molecule has 2 N–H and O–H groups in total. The highest BCUT2D eigenvalue weighted by Crippen LogP contribution is 2.39. The maximum Gasteiger partial charge on any atom is 0.247 e. The van der Waals surface area contributed by atoms with Gasteiger partial charge in [0.05, 0.1) is 18.2 Å². The molecule has 3 aromatic rings. The van der Waals surface area contributed by atoms with Gasteiger partial charge in [-0.1, -0.05) is 51.1 Å². The molecule has 31 heavy (non-hydrogen) atoms. The van der Waals surface area contributed by atoms with Crippen molar-refractivity contribution in [2.24, 2.45) is 11.1 Å². The van der Waals surface area contributed by atoms with Crippen LogP contribution in [0.25, 0.3) is 11.3 Å². The lowest BCUT2D eigenvalue weighted by Gasteiger charge is -2.34. The lowest BCUT2D eigenvalue weighted by molar-refractivity contribution is -0.131. The van der Waals surface area contributed by atoms with E-state index in [0.29, 0.717) is 11.5 Å². The number of hydrogen-bond donors (Lipinski definition) is 1. The Kier molecular flexibility index (Phi) is 6.55. The van der Waals surface area contributed by atoms with E-state index in [2.05, 4.69) is 0 Å². The summed E-state index contributed by atoms with van der Waals surface area (Å²) in [6, 6.07) is 12.8. The van der Waals surface area contributed by atoms with Crippen molar-refractivity contribution in [2.45, 2.75) is 39.3 Å². The van der Waals surface area contributed by atoms with Gasteiger partial charge in [-0.3, -0.25) is 4.79 Å². The third-order valence-electron chi connectivity index (χ3n) is 5.27. The predicted octanol–water partition coefficient (Wildman–Crippen LogP) is 4.51. The molecule has 0 radical (unpaired) electrons. The number of aromatic nitrogens is 2. The average Bonchev–Trinajstić information content (AvgIpc) is 3.11. The fraction of sp³-hybridized carbons (Fsp3) is 0.333. The number of primary amides is 1. The van der Waals surface area contributed by atoms with E-state index in [-0.39, 0.29) is 12.1 Å². The minimum Gasteiger partial charge on any atom is -0.371 e. The minimum atomic E-state index is -0.942. The zero-order chi connectivity index (χ0) is 22.8. The van der Waals surface area contributed by atoms with Gasteiger partial charge >= 0.3 is 0 Å². The van der Waals surface area contributed by atoms with Gasteiger partial charge in [0.1, 0.15) is 23.6 Å². The summed E-state index contributed by atoms with van der Waals surface area (Å²) in [5, 5.41) is 0. The Morgan fingerprint density at radius 2 is 1.84 bits per heavy atom. The Balaban J connectivity index is 2.19. The molecule has 164 valence electrons.